The highest BCUT2D eigenvalue weighted by Crippen LogP contribution is 2.23. The van der Waals surface area contributed by atoms with Crippen LogP contribution < -0.4 is 5.73 Å². The average Bonchev–Trinajstić information content (AvgIpc) is 2.48. The second-order valence-electron chi connectivity index (χ2n) is 5.11. The summed E-state index contributed by atoms with van der Waals surface area (Å²) in [6, 6.07) is 4.01. The molecular weight excluding hydrogens is 291 g/mol. The zero-order valence-electron chi connectivity index (χ0n) is 13.0. The molecule has 1 aromatic rings. The summed E-state index contributed by atoms with van der Waals surface area (Å²) in [5.41, 5.74) is 6.12. The lowest BCUT2D eigenvalue weighted by molar-refractivity contribution is 0.338. The normalized spacial score (nSPS) is 12.3. The molecule has 0 aromatic heterocycles. The number of benzene rings is 1. The molecule has 0 saturated heterocycles. The molecule has 0 bridgehead atoms. The summed E-state index contributed by atoms with van der Waals surface area (Å²) in [4.78, 5) is -0.279. The van der Waals surface area contributed by atoms with Crippen molar-refractivity contribution in [2.24, 2.45) is 11.7 Å². The third-order valence-electron chi connectivity index (χ3n) is 3.82. The fraction of sp³-hybridized carbons (Fsp3) is 0.600. The number of halogens is 1. The van der Waals surface area contributed by atoms with Crippen molar-refractivity contribution >= 4 is 10.0 Å². The van der Waals surface area contributed by atoms with E-state index in [9.17, 15) is 12.8 Å². The minimum Gasteiger partial charge on any atom is -0.326 e. The van der Waals surface area contributed by atoms with E-state index >= 15 is 0 Å². The van der Waals surface area contributed by atoms with Gasteiger partial charge in [-0.3, -0.25) is 0 Å². The maximum absolute atomic E-state index is 14.0. The van der Waals surface area contributed by atoms with Gasteiger partial charge in [-0.1, -0.05) is 39.7 Å². The van der Waals surface area contributed by atoms with Crippen LogP contribution in [0.15, 0.2) is 23.1 Å². The largest absolute Gasteiger partial charge is 0.326 e. The van der Waals surface area contributed by atoms with E-state index in [0.717, 1.165) is 12.8 Å². The molecule has 0 aliphatic carbocycles. The molecule has 0 aliphatic rings. The minimum atomic E-state index is -3.83. The van der Waals surface area contributed by atoms with Crippen LogP contribution in [0.1, 0.15) is 39.2 Å². The van der Waals surface area contributed by atoms with Crippen LogP contribution in [0.25, 0.3) is 0 Å². The number of hydrogen-bond acceptors (Lipinski definition) is 3. The van der Waals surface area contributed by atoms with Gasteiger partial charge in [0.05, 0.1) is 0 Å². The summed E-state index contributed by atoms with van der Waals surface area (Å²) in [5, 5.41) is 0. The first-order chi connectivity index (χ1) is 9.90. The number of nitrogens with two attached hydrogens (primary N) is 1. The highest BCUT2D eigenvalue weighted by atomic mass is 32.2. The Morgan fingerprint density at radius 1 is 1.24 bits per heavy atom. The lowest BCUT2D eigenvalue weighted by Crippen LogP contribution is -2.35. The summed E-state index contributed by atoms with van der Waals surface area (Å²) >= 11 is 0. The Labute approximate surface area is 127 Å². The molecule has 2 N–H and O–H groups in total. The summed E-state index contributed by atoms with van der Waals surface area (Å²) in [6.45, 7) is 6.75. The number of hydrogen-bond donors (Lipinski definition) is 1. The molecule has 4 nitrogen and oxygen atoms in total. The van der Waals surface area contributed by atoms with E-state index in [-0.39, 0.29) is 17.4 Å². The lowest BCUT2D eigenvalue weighted by atomic mass is 10.0. The van der Waals surface area contributed by atoms with Crippen LogP contribution in [0.3, 0.4) is 0 Å². The first-order valence-corrected chi connectivity index (χ1v) is 8.83. The van der Waals surface area contributed by atoms with Gasteiger partial charge in [0, 0.05) is 19.6 Å². The second kappa shape index (κ2) is 7.87. The predicted octanol–water partition coefficient (Wildman–Crippen LogP) is 2.73. The van der Waals surface area contributed by atoms with Gasteiger partial charge in [0.1, 0.15) is 10.7 Å². The molecule has 0 atom stereocenters. The van der Waals surface area contributed by atoms with Crippen LogP contribution in [-0.2, 0) is 16.6 Å². The molecule has 120 valence electrons. The van der Waals surface area contributed by atoms with Gasteiger partial charge in [0.25, 0.3) is 0 Å². The van der Waals surface area contributed by atoms with Crippen molar-refractivity contribution in [2.45, 2.75) is 45.1 Å². The Kier molecular flexibility index (Phi) is 6.77. The molecule has 0 heterocycles. The highest BCUT2D eigenvalue weighted by Gasteiger charge is 2.28. The molecule has 0 aliphatic heterocycles. The molecular formula is C15H25FN2O2S. The van der Waals surface area contributed by atoms with Gasteiger partial charge >= 0.3 is 0 Å². The maximum Gasteiger partial charge on any atom is 0.245 e. The van der Waals surface area contributed by atoms with Gasteiger partial charge in [-0.2, -0.15) is 4.31 Å². The Bertz CT molecular complexity index is 557. The van der Waals surface area contributed by atoms with Crippen molar-refractivity contribution < 1.29 is 12.8 Å². The number of nitrogens with zero attached hydrogens (tertiary/aromatic N) is 1. The standard InChI is InChI=1S/C15H25FN2O2S/c1-4-12(5-2)11-18(6-3)21(19,20)15-9-13(10-17)7-8-14(15)16/h7-9,12H,4-6,10-11,17H2,1-3H3. The van der Waals surface area contributed by atoms with E-state index in [4.69, 9.17) is 5.73 Å². The molecule has 0 radical (unpaired) electrons. The quantitative estimate of drug-likeness (QED) is 0.802. The van der Waals surface area contributed by atoms with E-state index in [1.54, 1.807) is 6.92 Å². The molecule has 1 rings (SSSR count). The maximum atomic E-state index is 14.0. The van der Waals surface area contributed by atoms with Gasteiger partial charge < -0.3 is 5.73 Å². The zero-order chi connectivity index (χ0) is 16.0. The summed E-state index contributed by atoms with van der Waals surface area (Å²) < 4.78 is 40.6. The van der Waals surface area contributed by atoms with E-state index in [1.165, 1.54) is 22.5 Å². The third kappa shape index (κ3) is 4.25. The fourth-order valence-electron chi connectivity index (χ4n) is 2.24. The minimum absolute atomic E-state index is 0.182. The van der Waals surface area contributed by atoms with Gasteiger partial charge in [-0.05, 0) is 23.6 Å². The molecule has 0 saturated carbocycles. The van der Waals surface area contributed by atoms with E-state index in [2.05, 4.69) is 0 Å². The Hall–Kier alpha value is -0.980. The zero-order valence-corrected chi connectivity index (χ0v) is 13.8. The van der Waals surface area contributed by atoms with E-state index in [1.807, 2.05) is 13.8 Å². The average molecular weight is 316 g/mol. The first-order valence-electron chi connectivity index (χ1n) is 7.39. The lowest BCUT2D eigenvalue weighted by Gasteiger charge is -2.25. The van der Waals surface area contributed by atoms with Crippen molar-refractivity contribution in [2.75, 3.05) is 13.1 Å². The van der Waals surface area contributed by atoms with Crippen LogP contribution in [0.4, 0.5) is 4.39 Å². The van der Waals surface area contributed by atoms with Gasteiger partial charge in [-0.15, -0.1) is 0 Å². The van der Waals surface area contributed by atoms with Crippen LogP contribution in [0, 0.1) is 11.7 Å². The smallest absolute Gasteiger partial charge is 0.245 e. The summed E-state index contributed by atoms with van der Waals surface area (Å²) in [7, 11) is -3.83. The van der Waals surface area contributed by atoms with Gasteiger partial charge in [0.15, 0.2) is 0 Å². The SMILES string of the molecule is CCC(CC)CN(CC)S(=O)(=O)c1cc(CN)ccc1F. The van der Waals surface area contributed by atoms with Crippen molar-refractivity contribution in [3.8, 4) is 0 Å². The third-order valence-corrected chi connectivity index (χ3v) is 5.77. The van der Waals surface area contributed by atoms with Crippen LogP contribution in [0.2, 0.25) is 0 Å². The van der Waals surface area contributed by atoms with E-state index in [0.29, 0.717) is 18.7 Å². The fourth-order valence-corrected chi connectivity index (χ4v) is 3.88. The molecule has 0 spiro atoms. The van der Waals surface area contributed by atoms with Crippen LogP contribution in [0.5, 0.6) is 0 Å². The van der Waals surface area contributed by atoms with Crippen molar-refractivity contribution in [1.29, 1.82) is 0 Å². The van der Waals surface area contributed by atoms with Crippen molar-refractivity contribution in [1.82, 2.24) is 4.31 Å². The van der Waals surface area contributed by atoms with Crippen molar-refractivity contribution in [3.05, 3.63) is 29.6 Å². The molecule has 21 heavy (non-hydrogen) atoms. The van der Waals surface area contributed by atoms with E-state index < -0.39 is 15.8 Å². The number of sulfonamides is 1. The predicted molar refractivity (Wildman–Crippen MR) is 82.8 cm³/mol. The topological polar surface area (TPSA) is 63.4 Å². The summed E-state index contributed by atoms with van der Waals surface area (Å²) in [5.74, 6) is -0.448. The molecule has 0 fully saturated rings. The monoisotopic (exact) mass is 316 g/mol. The highest BCUT2D eigenvalue weighted by molar-refractivity contribution is 7.89. The van der Waals surface area contributed by atoms with Crippen molar-refractivity contribution in [3.63, 3.8) is 0 Å². The van der Waals surface area contributed by atoms with Crippen LogP contribution in [-0.4, -0.2) is 25.8 Å². The molecule has 0 unspecified atom stereocenters. The Balaban J connectivity index is 3.18. The molecule has 1 aromatic carbocycles. The summed E-state index contributed by atoms with van der Waals surface area (Å²) in [6.07, 6.45) is 1.79. The van der Waals surface area contributed by atoms with Gasteiger partial charge in [0.2, 0.25) is 10.0 Å². The first kappa shape index (κ1) is 18.1. The van der Waals surface area contributed by atoms with Gasteiger partial charge in [-0.25, -0.2) is 12.8 Å². The Morgan fingerprint density at radius 2 is 1.86 bits per heavy atom. The molecule has 0 amide bonds. The second-order valence-corrected chi connectivity index (χ2v) is 7.01. The Morgan fingerprint density at radius 3 is 2.33 bits per heavy atom. The molecule has 6 heteroatoms. The van der Waals surface area contributed by atoms with Crippen LogP contribution >= 0.6 is 0 Å². The number of rotatable bonds is 8.